The highest BCUT2D eigenvalue weighted by Crippen LogP contribution is 2.57. The maximum atomic E-state index is 4.30. The maximum Gasteiger partial charge on any atom is -0.00979 e. The zero-order chi connectivity index (χ0) is 30.3. The Labute approximate surface area is 248 Å². The van der Waals surface area contributed by atoms with Crippen LogP contribution in [-0.2, 0) is 0 Å². The second-order valence-corrected chi connectivity index (χ2v) is 16.0. The molecule has 0 heteroatoms. The number of hydrogen-bond acceptors (Lipinski definition) is 0. The van der Waals surface area contributed by atoms with Crippen molar-refractivity contribution < 1.29 is 0 Å². The van der Waals surface area contributed by atoms with Crippen LogP contribution in [0.2, 0.25) is 0 Å². The largest absolute Gasteiger partial charge is 0.103 e. The van der Waals surface area contributed by atoms with E-state index in [1.54, 1.807) is 0 Å². The monoisotopic (exact) mass is 543 g/mol. The van der Waals surface area contributed by atoms with Gasteiger partial charge in [-0.2, -0.15) is 0 Å². The summed E-state index contributed by atoms with van der Waals surface area (Å²) in [4.78, 5) is 0. The molecule has 0 saturated heterocycles. The van der Waals surface area contributed by atoms with Crippen LogP contribution in [0.3, 0.4) is 0 Å². The molecule has 0 spiro atoms. The Hall–Kier alpha value is -0.520. The lowest BCUT2D eigenvalue weighted by molar-refractivity contribution is -0.0552. The van der Waals surface area contributed by atoms with Crippen LogP contribution in [0.15, 0.2) is 24.8 Å². The van der Waals surface area contributed by atoms with E-state index in [0.717, 1.165) is 59.2 Å². The molecule has 11 atom stereocenters. The van der Waals surface area contributed by atoms with Crippen molar-refractivity contribution in [2.75, 3.05) is 0 Å². The average molecular weight is 543 g/mol. The molecule has 0 aliphatic heterocycles. The number of rotatable bonds is 17. The molecule has 39 heavy (non-hydrogen) atoms. The predicted molar refractivity (Wildman–Crippen MR) is 179 cm³/mol. The summed E-state index contributed by atoms with van der Waals surface area (Å²) in [7, 11) is 0. The molecule has 11 unspecified atom stereocenters. The zero-order valence-electron chi connectivity index (χ0n) is 29.5. The fourth-order valence-corrected chi connectivity index (χ4v) is 9.01. The van der Waals surface area contributed by atoms with Gasteiger partial charge in [0.1, 0.15) is 0 Å². The van der Waals surface area contributed by atoms with Crippen molar-refractivity contribution in [3.8, 4) is 0 Å². The number of hydrogen-bond donors (Lipinski definition) is 0. The highest BCUT2D eigenvalue weighted by Gasteiger charge is 2.49. The van der Waals surface area contributed by atoms with Crippen LogP contribution in [-0.4, -0.2) is 0 Å². The van der Waals surface area contributed by atoms with Gasteiger partial charge in [-0.25, -0.2) is 0 Å². The molecular weight excluding hydrogens is 468 g/mol. The standard InChI is InChI=1S/C39H74/c1-17-39(18-2,19-3)33(13)32(12)30(10)24-37-25-36(23-29(9)31(11)28(8)22-27(6)7)34(14)38(16,35(37)15)21-20-26(4)5/h17,26,28-37H,1,6,18-25H2,2-5,7-16H3. The first-order chi connectivity index (χ1) is 18.0. The predicted octanol–water partition coefficient (Wildman–Crippen LogP) is 12.9. The zero-order valence-corrected chi connectivity index (χ0v) is 29.5. The summed E-state index contributed by atoms with van der Waals surface area (Å²) in [5.41, 5.74) is 2.06. The van der Waals surface area contributed by atoms with Gasteiger partial charge >= 0.3 is 0 Å². The quantitative estimate of drug-likeness (QED) is 0.160. The Kier molecular flexibility index (Phi) is 14.6. The molecule has 1 fully saturated rings. The third-order valence-electron chi connectivity index (χ3n) is 13.5. The van der Waals surface area contributed by atoms with Crippen LogP contribution in [0.5, 0.6) is 0 Å². The van der Waals surface area contributed by atoms with E-state index in [9.17, 15) is 0 Å². The normalized spacial score (nSPS) is 30.8. The summed E-state index contributed by atoms with van der Waals surface area (Å²) in [6, 6.07) is 0. The van der Waals surface area contributed by atoms with Crippen molar-refractivity contribution in [1.29, 1.82) is 0 Å². The minimum absolute atomic E-state index is 0.279. The van der Waals surface area contributed by atoms with E-state index in [1.165, 1.54) is 56.9 Å². The Morgan fingerprint density at radius 3 is 1.69 bits per heavy atom. The van der Waals surface area contributed by atoms with Crippen LogP contribution in [0.4, 0.5) is 0 Å². The summed E-state index contributed by atoms with van der Waals surface area (Å²) in [5, 5.41) is 0. The SMILES string of the molecule is C=CC(CC)(CC)C(C)C(C)C(C)CC1CC(CC(C)C(C)C(C)CC(=C)C)C(C)C(C)(CCC(C)C)C1C. The van der Waals surface area contributed by atoms with E-state index in [-0.39, 0.29) is 5.41 Å². The molecule has 0 amide bonds. The molecule has 0 aromatic rings. The topological polar surface area (TPSA) is 0 Å². The van der Waals surface area contributed by atoms with Gasteiger partial charge in [-0.1, -0.05) is 108 Å². The second-order valence-electron chi connectivity index (χ2n) is 16.0. The highest BCUT2D eigenvalue weighted by atomic mass is 14.5. The second kappa shape index (κ2) is 15.6. The Morgan fingerprint density at radius 2 is 1.31 bits per heavy atom. The fourth-order valence-electron chi connectivity index (χ4n) is 9.01. The summed E-state index contributed by atoms with van der Waals surface area (Å²) in [6.45, 7) is 43.5. The van der Waals surface area contributed by atoms with Crippen LogP contribution >= 0.6 is 0 Å². The van der Waals surface area contributed by atoms with Crippen LogP contribution in [0.25, 0.3) is 0 Å². The lowest BCUT2D eigenvalue weighted by atomic mass is 9.50. The first-order valence-corrected chi connectivity index (χ1v) is 17.3. The van der Waals surface area contributed by atoms with Gasteiger partial charge in [0, 0.05) is 0 Å². The molecule has 0 bridgehead atoms. The summed E-state index contributed by atoms with van der Waals surface area (Å²) < 4.78 is 0. The van der Waals surface area contributed by atoms with E-state index >= 15 is 0 Å². The Morgan fingerprint density at radius 1 is 0.846 bits per heavy atom. The molecule has 0 aromatic heterocycles. The van der Waals surface area contributed by atoms with Crippen molar-refractivity contribution >= 4 is 0 Å². The van der Waals surface area contributed by atoms with Crippen molar-refractivity contribution in [3.63, 3.8) is 0 Å². The first-order valence-electron chi connectivity index (χ1n) is 17.3. The molecule has 1 rings (SSSR count). The van der Waals surface area contributed by atoms with E-state index in [0.29, 0.717) is 11.3 Å². The van der Waals surface area contributed by atoms with Gasteiger partial charge < -0.3 is 0 Å². The molecule has 1 aliphatic rings. The molecule has 0 aromatic carbocycles. The lowest BCUT2D eigenvalue weighted by Crippen LogP contribution is -2.47. The molecule has 0 heterocycles. The summed E-state index contributed by atoms with van der Waals surface area (Å²) >= 11 is 0. The minimum Gasteiger partial charge on any atom is -0.103 e. The molecule has 1 aliphatic carbocycles. The molecular formula is C39H74. The van der Waals surface area contributed by atoms with Crippen LogP contribution < -0.4 is 0 Å². The van der Waals surface area contributed by atoms with Gasteiger partial charge in [0.15, 0.2) is 0 Å². The van der Waals surface area contributed by atoms with Crippen molar-refractivity contribution in [3.05, 3.63) is 24.8 Å². The van der Waals surface area contributed by atoms with Crippen molar-refractivity contribution in [2.45, 2.75) is 148 Å². The van der Waals surface area contributed by atoms with Gasteiger partial charge in [0.25, 0.3) is 0 Å². The van der Waals surface area contributed by atoms with E-state index in [4.69, 9.17) is 0 Å². The maximum absolute atomic E-state index is 4.30. The van der Waals surface area contributed by atoms with Crippen LogP contribution in [0.1, 0.15) is 148 Å². The molecule has 0 radical (unpaired) electrons. The first kappa shape index (κ1) is 36.5. The Bertz CT molecular complexity index is 724. The van der Waals surface area contributed by atoms with Gasteiger partial charge in [0.05, 0.1) is 0 Å². The van der Waals surface area contributed by atoms with Crippen molar-refractivity contribution in [1.82, 2.24) is 0 Å². The van der Waals surface area contributed by atoms with Gasteiger partial charge in [-0.05, 0) is 128 Å². The highest BCUT2D eigenvalue weighted by molar-refractivity contribution is 5.01. The van der Waals surface area contributed by atoms with Crippen molar-refractivity contribution in [2.24, 2.45) is 75.9 Å². The van der Waals surface area contributed by atoms with E-state index in [2.05, 4.69) is 116 Å². The van der Waals surface area contributed by atoms with Gasteiger partial charge in [-0.15, -0.1) is 13.2 Å². The average Bonchev–Trinajstić information content (AvgIpc) is 2.88. The van der Waals surface area contributed by atoms with E-state index in [1.807, 2.05) is 0 Å². The summed E-state index contributed by atoms with van der Waals surface area (Å²) in [5.74, 6) is 8.46. The molecule has 1 saturated carbocycles. The minimum atomic E-state index is 0.279. The van der Waals surface area contributed by atoms with Crippen LogP contribution in [0, 0.1) is 75.9 Å². The van der Waals surface area contributed by atoms with Gasteiger partial charge in [0.2, 0.25) is 0 Å². The van der Waals surface area contributed by atoms with E-state index < -0.39 is 0 Å². The third kappa shape index (κ3) is 8.98. The summed E-state index contributed by atoms with van der Waals surface area (Å²) in [6.07, 6.45) is 12.9. The number of allylic oxidation sites excluding steroid dienone is 2. The van der Waals surface area contributed by atoms with Gasteiger partial charge in [-0.3, -0.25) is 0 Å². The molecule has 0 nitrogen and oxygen atoms in total. The molecule has 0 N–H and O–H groups in total. The smallest absolute Gasteiger partial charge is 0.00979 e. The Balaban J connectivity index is 3.22. The fraction of sp³-hybridized carbons (Fsp3) is 0.897. The third-order valence-corrected chi connectivity index (χ3v) is 13.5. The lowest BCUT2D eigenvalue weighted by Gasteiger charge is -2.55. The molecule has 230 valence electrons.